The summed E-state index contributed by atoms with van der Waals surface area (Å²) in [4.78, 5) is 26.1. The van der Waals surface area contributed by atoms with Crippen LogP contribution in [0.2, 0.25) is 0 Å². The molecular weight excluding hydrogens is 254 g/mol. The fourth-order valence-corrected chi connectivity index (χ4v) is 2.07. The van der Waals surface area contributed by atoms with Gasteiger partial charge in [0.1, 0.15) is 5.00 Å². The third kappa shape index (κ3) is 4.80. The van der Waals surface area contributed by atoms with Crippen LogP contribution in [0.5, 0.6) is 0 Å². The number of rotatable bonds is 7. The van der Waals surface area contributed by atoms with Gasteiger partial charge in [-0.3, -0.25) is 9.59 Å². The molecule has 1 aromatic rings. The number of aliphatic hydroxyl groups excluding tert-OH is 1. The van der Waals surface area contributed by atoms with E-state index < -0.39 is 12.0 Å². The molecule has 2 amide bonds. The van der Waals surface area contributed by atoms with E-state index >= 15 is 0 Å². The number of amides is 2. The summed E-state index contributed by atoms with van der Waals surface area (Å²) in [6, 6.07) is 0. The monoisotopic (exact) mass is 271 g/mol. The van der Waals surface area contributed by atoms with Crippen molar-refractivity contribution in [3.8, 4) is 0 Å². The highest BCUT2D eigenvalue weighted by molar-refractivity contribution is 7.17. The average Bonchev–Trinajstić information content (AvgIpc) is 2.74. The quantitative estimate of drug-likeness (QED) is 0.691. The maximum atomic E-state index is 11.6. The predicted octanol–water partition coefficient (Wildman–Crippen LogP) is 1.12. The van der Waals surface area contributed by atoms with Crippen molar-refractivity contribution in [2.24, 2.45) is 5.73 Å². The first-order valence-electron chi connectivity index (χ1n) is 5.76. The molecule has 7 heteroatoms. The van der Waals surface area contributed by atoms with E-state index in [1.54, 1.807) is 0 Å². The van der Waals surface area contributed by atoms with Gasteiger partial charge >= 0.3 is 0 Å². The molecule has 18 heavy (non-hydrogen) atoms. The zero-order valence-corrected chi connectivity index (χ0v) is 11.0. The summed E-state index contributed by atoms with van der Waals surface area (Å²) in [5.41, 5.74) is 5.05. The Hall–Kier alpha value is -1.47. The van der Waals surface area contributed by atoms with Crippen LogP contribution in [0.25, 0.3) is 0 Å². The van der Waals surface area contributed by atoms with Crippen LogP contribution in [0, 0.1) is 0 Å². The Morgan fingerprint density at radius 1 is 1.61 bits per heavy atom. The highest BCUT2D eigenvalue weighted by Gasteiger charge is 2.13. The molecule has 0 aliphatic heterocycles. The van der Waals surface area contributed by atoms with Crippen molar-refractivity contribution >= 4 is 28.2 Å². The molecule has 4 N–H and O–H groups in total. The lowest BCUT2D eigenvalue weighted by Gasteiger charge is -2.08. The molecule has 0 bridgehead atoms. The molecule has 1 aromatic heterocycles. The zero-order chi connectivity index (χ0) is 13.5. The van der Waals surface area contributed by atoms with E-state index in [2.05, 4.69) is 10.3 Å². The van der Waals surface area contributed by atoms with Crippen LogP contribution in [-0.4, -0.2) is 28.0 Å². The number of anilines is 1. The Bertz CT molecular complexity index is 419. The fourth-order valence-electron chi connectivity index (χ4n) is 1.39. The Morgan fingerprint density at radius 2 is 2.33 bits per heavy atom. The van der Waals surface area contributed by atoms with Gasteiger partial charge in [0.15, 0.2) is 5.01 Å². The normalized spacial score (nSPS) is 12.1. The first-order chi connectivity index (χ1) is 8.52. The molecule has 1 atom stereocenters. The van der Waals surface area contributed by atoms with Crippen molar-refractivity contribution in [3.63, 3.8) is 0 Å². The molecule has 6 nitrogen and oxygen atoms in total. The predicted molar refractivity (Wildman–Crippen MR) is 69.4 cm³/mol. The van der Waals surface area contributed by atoms with Crippen LogP contribution >= 0.6 is 11.3 Å². The summed E-state index contributed by atoms with van der Waals surface area (Å²) in [5, 5.41) is 12.8. The van der Waals surface area contributed by atoms with Crippen LogP contribution in [0.1, 0.15) is 42.4 Å². The van der Waals surface area contributed by atoms with Crippen LogP contribution in [0.4, 0.5) is 5.00 Å². The van der Waals surface area contributed by atoms with Crippen LogP contribution in [0.15, 0.2) is 6.20 Å². The second kappa shape index (κ2) is 7.07. The van der Waals surface area contributed by atoms with Gasteiger partial charge in [0, 0.05) is 0 Å². The maximum absolute atomic E-state index is 11.6. The molecular formula is C11H17N3O3S. The molecule has 1 unspecified atom stereocenters. The van der Waals surface area contributed by atoms with E-state index in [0.717, 1.165) is 24.2 Å². The van der Waals surface area contributed by atoms with E-state index in [1.807, 2.05) is 6.92 Å². The van der Waals surface area contributed by atoms with E-state index in [-0.39, 0.29) is 17.3 Å². The van der Waals surface area contributed by atoms with E-state index in [0.29, 0.717) is 11.4 Å². The molecule has 0 saturated heterocycles. The number of hydrogen-bond donors (Lipinski definition) is 3. The van der Waals surface area contributed by atoms with Gasteiger partial charge in [0.05, 0.1) is 18.7 Å². The van der Waals surface area contributed by atoms with Crippen molar-refractivity contribution in [1.82, 2.24) is 4.98 Å². The lowest BCUT2D eigenvalue weighted by Crippen LogP contribution is -2.19. The molecule has 1 rings (SSSR count). The van der Waals surface area contributed by atoms with Gasteiger partial charge in [-0.05, 0) is 6.42 Å². The van der Waals surface area contributed by atoms with E-state index in [4.69, 9.17) is 5.73 Å². The first-order valence-corrected chi connectivity index (χ1v) is 6.58. The van der Waals surface area contributed by atoms with E-state index in [1.165, 1.54) is 6.20 Å². The molecule has 0 fully saturated rings. The second-order valence-electron chi connectivity index (χ2n) is 3.94. The largest absolute Gasteiger partial charge is 0.393 e. The number of thiazole rings is 1. The van der Waals surface area contributed by atoms with Gasteiger partial charge in [0.25, 0.3) is 5.91 Å². The first kappa shape index (κ1) is 14.6. The fraction of sp³-hybridized carbons (Fsp3) is 0.545. The number of nitrogens with zero attached hydrogens (tertiary/aromatic N) is 1. The smallest absolute Gasteiger partial charge is 0.277 e. The number of nitrogens with one attached hydrogen (secondary N) is 1. The van der Waals surface area contributed by atoms with Crippen LogP contribution < -0.4 is 11.1 Å². The highest BCUT2D eigenvalue weighted by atomic mass is 32.1. The molecule has 0 spiro atoms. The lowest BCUT2D eigenvalue weighted by atomic mass is 10.1. The summed E-state index contributed by atoms with van der Waals surface area (Å²) in [6.45, 7) is 2.02. The number of nitrogens with two attached hydrogens (primary N) is 1. The summed E-state index contributed by atoms with van der Waals surface area (Å²) in [7, 11) is 0. The van der Waals surface area contributed by atoms with Gasteiger partial charge in [0.2, 0.25) is 5.91 Å². The summed E-state index contributed by atoms with van der Waals surface area (Å²) in [5.74, 6) is -0.915. The number of primary amides is 1. The minimum Gasteiger partial charge on any atom is -0.393 e. The summed E-state index contributed by atoms with van der Waals surface area (Å²) in [6.07, 6.45) is 3.27. The van der Waals surface area contributed by atoms with Crippen molar-refractivity contribution in [3.05, 3.63) is 11.2 Å². The van der Waals surface area contributed by atoms with Gasteiger partial charge in [-0.25, -0.2) is 4.98 Å². The number of aliphatic hydroxyl groups is 1. The number of unbranched alkanes of at least 4 members (excludes halogenated alkanes) is 1. The number of carbonyl (C=O) groups excluding carboxylic acids is 2. The van der Waals surface area contributed by atoms with Crippen molar-refractivity contribution in [1.29, 1.82) is 0 Å². The van der Waals surface area contributed by atoms with Crippen molar-refractivity contribution in [2.45, 2.75) is 38.7 Å². The molecule has 0 aliphatic carbocycles. The zero-order valence-electron chi connectivity index (χ0n) is 10.2. The molecule has 100 valence electrons. The molecule has 0 aromatic carbocycles. The van der Waals surface area contributed by atoms with Crippen molar-refractivity contribution in [2.75, 3.05) is 5.32 Å². The van der Waals surface area contributed by atoms with Crippen LogP contribution in [-0.2, 0) is 4.79 Å². The third-order valence-corrected chi connectivity index (χ3v) is 3.22. The van der Waals surface area contributed by atoms with Gasteiger partial charge in [-0.1, -0.05) is 31.1 Å². The second-order valence-corrected chi connectivity index (χ2v) is 4.97. The minimum absolute atomic E-state index is 0.0454. The number of hydrogen-bond acceptors (Lipinski definition) is 5. The van der Waals surface area contributed by atoms with Gasteiger partial charge in [-0.2, -0.15) is 0 Å². The average molecular weight is 271 g/mol. The molecule has 0 saturated carbocycles. The van der Waals surface area contributed by atoms with Gasteiger partial charge in [-0.15, -0.1) is 0 Å². The third-order valence-electron chi connectivity index (χ3n) is 2.29. The molecule has 1 heterocycles. The van der Waals surface area contributed by atoms with Crippen LogP contribution in [0.3, 0.4) is 0 Å². The van der Waals surface area contributed by atoms with Gasteiger partial charge < -0.3 is 16.2 Å². The van der Waals surface area contributed by atoms with E-state index in [9.17, 15) is 14.7 Å². The van der Waals surface area contributed by atoms with Crippen molar-refractivity contribution < 1.29 is 14.7 Å². The SMILES string of the molecule is CCCCC(O)CC(=O)Nc1cnc(C(N)=O)s1. The maximum Gasteiger partial charge on any atom is 0.277 e. The summed E-state index contributed by atoms with van der Waals surface area (Å²) >= 11 is 1.02. The molecule has 0 aliphatic rings. The Kier molecular flexibility index (Phi) is 5.73. The highest BCUT2D eigenvalue weighted by Crippen LogP contribution is 2.18. The topological polar surface area (TPSA) is 105 Å². The lowest BCUT2D eigenvalue weighted by molar-refractivity contribution is -0.118. The molecule has 0 radical (unpaired) electrons. The Morgan fingerprint density at radius 3 is 2.89 bits per heavy atom. The Balaban J connectivity index is 2.41. The summed E-state index contributed by atoms with van der Waals surface area (Å²) < 4.78 is 0. The standard InChI is InChI=1S/C11H17N3O3S/c1-2-3-4-7(15)5-8(16)14-9-6-13-11(18-9)10(12)17/h6-7,15H,2-5H2,1H3,(H2,12,17)(H,14,16). The number of aromatic nitrogens is 1. The minimum atomic E-state index is -0.631. The Labute approximate surface area is 109 Å². The number of carbonyl (C=O) groups is 2.